The minimum absolute atomic E-state index is 0.606. The van der Waals surface area contributed by atoms with Crippen LogP contribution in [0, 0.1) is 0 Å². The molecule has 2 nitrogen and oxygen atoms in total. The Morgan fingerprint density at radius 2 is 1.78 bits per heavy atom. The molecule has 0 radical (unpaired) electrons. The summed E-state index contributed by atoms with van der Waals surface area (Å²) in [5.41, 5.74) is 2.94. The van der Waals surface area contributed by atoms with Crippen molar-refractivity contribution in [3.63, 3.8) is 0 Å². The third-order valence-electron chi connectivity index (χ3n) is 4.30. The Balaban J connectivity index is 1.59. The van der Waals surface area contributed by atoms with Crippen LogP contribution in [-0.2, 0) is 6.54 Å². The van der Waals surface area contributed by atoms with Crippen LogP contribution in [0.25, 0.3) is 0 Å². The van der Waals surface area contributed by atoms with Gasteiger partial charge in [0.1, 0.15) is 0 Å². The highest BCUT2D eigenvalue weighted by atomic mass is 15.1. The molecule has 2 saturated heterocycles. The number of hydrogen-bond donors (Lipinski definition) is 1. The van der Waals surface area contributed by atoms with Crippen molar-refractivity contribution in [1.29, 1.82) is 0 Å². The lowest BCUT2D eigenvalue weighted by molar-refractivity contribution is 0.221. The average molecular weight is 244 g/mol. The Morgan fingerprint density at radius 3 is 2.44 bits per heavy atom. The Labute approximate surface area is 110 Å². The molecule has 2 heterocycles. The summed E-state index contributed by atoms with van der Waals surface area (Å²) in [6, 6.07) is 9.90. The Kier molecular flexibility index (Phi) is 3.96. The molecule has 18 heavy (non-hydrogen) atoms. The summed E-state index contributed by atoms with van der Waals surface area (Å²) in [7, 11) is 0. The first-order valence-corrected chi connectivity index (χ1v) is 7.46. The molecule has 2 aliphatic heterocycles. The van der Waals surface area contributed by atoms with Gasteiger partial charge in [-0.1, -0.05) is 30.7 Å². The molecular formula is C16H24N2. The van der Waals surface area contributed by atoms with E-state index in [0.717, 1.165) is 6.54 Å². The normalized spacial score (nSPS) is 25.4. The summed E-state index contributed by atoms with van der Waals surface area (Å²) in [6.07, 6.45) is 6.79. The van der Waals surface area contributed by atoms with Gasteiger partial charge in [-0.2, -0.15) is 0 Å². The maximum absolute atomic E-state index is 3.56. The second-order valence-corrected chi connectivity index (χ2v) is 5.73. The van der Waals surface area contributed by atoms with E-state index in [2.05, 4.69) is 34.5 Å². The summed E-state index contributed by atoms with van der Waals surface area (Å²) in [6.45, 7) is 4.89. The number of piperidine rings is 1. The fraction of sp³-hybridized carbons (Fsp3) is 0.625. The van der Waals surface area contributed by atoms with Crippen LogP contribution < -0.4 is 5.32 Å². The maximum atomic E-state index is 3.56. The van der Waals surface area contributed by atoms with Gasteiger partial charge in [-0.3, -0.25) is 4.90 Å². The highest BCUT2D eigenvalue weighted by Crippen LogP contribution is 2.23. The van der Waals surface area contributed by atoms with Crippen molar-refractivity contribution in [3.05, 3.63) is 35.4 Å². The molecule has 0 aliphatic carbocycles. The molecule has 0 spiro atoms. The van der Waals surface area contributed by atoms with E-state index in [-0.39, 0.29) is 0 Å². The van der Waals surface area contributed by atoms with E-state index < -0.39 is 0 Å². The van der Waals surface area contributed by atoms with Crippen molar-refractivity contribution in [2.24, 2.45) is 0 Å². The Morgan fingerprint density at radius 1 is 1.00 bits per heavy atom. The summed E-state index contributed by atoms with van der Waals surface area (Å²) in [4.78, 5) is 2.59. The maximum Gasteiger partial charge on any atom is 0.0320 e. The van der Waals surface area contributed by atoms with Crippen LogP contribution in [0.15, 0.2) is 24.3 Å². The van der Waals surface area contributed by atoms with Gasteiger partial charge in [0.25, 0.3) is 0 Å². The Bertz CT molecular complexity index is 359. The van der Waals surface area contributed by atoms with E-state index in [0.29, 0.717) is 6.04 Å². The number of hydrogen-bond acceptors (Lipinski definition) is 2. The summed E-state index contributed by atoms with van der Waals surface area (Å²) < 4.78 is 0. The fourth-order valence-electron chi connectivity index (χ4n) is 3.20. The summed E-state index contributed by atoms with van der Waals surface area (Å²) in [5, 5.41) is 3.56. The van der Waals surface area contributed by atoms with Crippen molar-refractivity contribution in [1.82, 2.24) is 10.2 Å². The largest absolute Gasteiger partial charge is 0.310 e. The zero-order chi connectivity index (χ0) is 12.2. The van der Waals surface area contributed by atoms with Crippen molar-refractivity contribution >= 4 is 0 Å². The molecular weight excluding hydrogens is 220 g/mol. The number of likely N-dealkylation sites (tertiary alicyclic amines) is 1. The standard InChI is InChI=1S/C16H24N2/c1-2-11-18(12-3-1)13-14-6-8-15(9-7-14)16-5-4-10-17-16/h6-9,16-17H,1-5,10-13H2. The van der Waals surface area contributed by atoms with Crippen molar-refractivity contribution < 1.29 is 0 Å². The van der Waals surface area contributed by atoms with Gasteiger partial charge in [0.05, 0.1) is 0 Å². The number of nitrogens with one attached hydrogen (secondary N) is 1. The lowest BCUT2D eigenvalue weighted by atomic mass is 10.0. The molecule has 2 aliphatic rings. The first-order valence-electron chi connectivity index (χ1n) is 7.46. The second-order valence-electron chi connectivity index (χ2n) is 5.73. The van der Waals surface area contributed by atoms with Gasteiger partial charge in [0, 0.05) is 12.6 Å². The first-order chi connectivity index (χ1) is 8.92. The fourth-order valence-corrected chi connectivity index (χ4v) is 3.20. The highest BCUT2D eigenvalue weighted by molar-refractivity contribution is 5.25. The van der Waals surface area contributed by atoms with E-state index in [1.54, 1.807) is 0 Å². The van der Waals surface area contributed by atoms with E-state index in [4.69, 9.17) is 0 Å². The predicted molar refractivity (Wildman–Crippen MR) is 75.5 cm³/mol. The van der Waals surface area contributed by atoms with Crippen molar-refractivity contribution in [2.45, 2.75) is 44.7 Å². The third-order valence-corrected chi connectivity index (χ3v) is 4.30. The smallest absolute Gasteiger partial charge is 0.0320 e. The van der Waals surface area contributed by atoms with Gasteiger partial charge in [-0.05, 0) is 56.4 Å². The van der Waals surface area contributed by atoms with Crippen LogP contribution >= 0.6 is 0 Å². The molecule has 98 valence electrons. The van der Waals surface area contributed by atoms with Gasteiger partial charge in [0.2, 0.25) is 0 Å². The number of rotatable bonds is 3. The molecule has 0 bridgehead atoms. The first kappa shape index (κ1) is 12.2. The average Bonchev–Trinajstić information content (AvgIpc) is 2.95. The van der Waals surface area contributed by atoms with Crippen LogP contribution in [0.3, 0.4) is 0 Å². The van der Waals surface area contributed by atoms with Crippen molar-refractivity contribution in [3.8, 4) is 0 Å². The second kappa shape index (κ2) is 5.85. The molecule has 1 aromatic rings. The lowest BCUT2D eigenvalue weighted by Gasteiger charge is -2.26. The topological polar surface area (TPSA) is 15.3 Å². The lowest BCUT2D eigenvalue weighted by Crippen LogP contribution is -2.29. The molecule has 1 N–H and O–H groups in total. The van der Waals surface area contributed by atoms with Crippen LogP contribution in [0.4, 0.5) is 0 Å². The molecule has 0 aromatic heterocycles. The SMILES string of the molecule is c1cc(C2CCCN2)ccc1CN1CCCCC1. The molecule has 3 rings (SSSR count). The van der Waals surface area contributed by atoms with E-state index in [1.165, 1.54) is 62.9 Å². The highest BCUT2D eigenvalue weighted by Gasteiger charge is 2.16. The zero-order valence-electron chi connectivity index (χ0n) is 11.2. The van der Waals surface area contributed by atoms with Crippen LogP contribution in [0.1, 0.15) is 49.3 Å². The minimum Gasteiger partial charge on any atom is -0.310 e. The van der Waals surface area contributed by atoms with Crippen LogP contribution in [0.5, 0.6) is 0 Å². The van der Waals surface area contributed by atoms with E-state index >= 15 is 0 Å². The van der Waals surface area contributed by atoms with Crippen molar-refractivity contribution in [2.75, 3.05) is 19.6 Å². The molecule has 0 amide bonds. The summed E-state index contributed by atoms with van der Waals surface area (Å²) in [5.74, 6) is 0. The monoisotopic (exact) mass is 244 g/mol. The molecule has 2 heteroatoms. The number of nitrogens with zero attached hydrogens (tertiary/aromatic N) is 1. The van der Waals surface area contributed by atoms with Gasteiger partial charge in [-0.15, -0.1) is 0 Å². The molecule has 1 unspecified atom stereocenters. The van der Waals surface area contributed by atoms with E-state index in [1.807, 2.05) is 0 Å². The van der Waals surface area contributed by atoms with Gasteiger partial charge in [0.15, 0.2) is 0 Å². The predicted octanol–water partition coefficient (Wildman–Crippen LogP) is 3.10. The molecule has 2 fully saturated rings. The molecule has 0 saturated carbocycles. The molecule has 1 atom stereocenters. The van der Waals surface area contributed by atoms with Gasteiger partial charge in [-0.25, -0.2) is 0 Å². The van der Waals surface area contributed by atoms with Gasteiger partial charge >= 0.3 is 0 Å². The van der Waals surface area contributed by atoms with Crippen LogP contribution in [-0.4, -0.2) is 24.5 Å². The zero-order valence-corrected chi connectivity index (χ0v) is 11.2. The quantitative estimate of drug-likeness (QED) is 0.879. The van der Waals surface area contributed by atoms with Crippen LogP contribution in [0.2, 0.25) is 0 Å². The summed E-state index contributed by atoms with van der Waals surface area (Å²) >= 11 is 0. The third kappa shape index (κ3) is 2.93. The van der Waals surface area contributed by atoms with E-state index in [9.17, 15) is 0 Å². The molecule has 1 aromatic carbocycles. The Hall–Kier alpha value is -0.860. The number of benzene rings is 1. The van der Waals surface area contributed by atoms with Gasteiger partial charge < -0.3 is 5.32 Å². The minimum atomic E-state index is 0.606.